The molecule has 0 bridgehead atoms. The molecule has 0 spiro atoms. The smallest absolute Gasteiger partial charge is 0.203 e. The molecule has 1 aromatic heterocycles. The minimum Gasteiger partial charge on any atom is -0.493 e. The maximum atomic E-state index is 9.71. The van der Waals surface area contributed by atoms with E-state index >= 15 is 0 Å². The molecule has 3 aromatic rings. The van der Waals surface area contributed by atoms with Crippen LogP contribution in [-0.2, 0) is 0 Å². The van der Waals surface area contributed by atoms with Crippen molar-refractivity contribution in [3.05, 3.63) is 35.9 Å². The van der Waals surface area contributed by atoms with Gasteiger partial charge in [-0.3, -0.25) is 0 Å². The van der Waals surface area contributed by atoms with Gasteiger partial charge in [0.1, 0.15) is 11.8 Å². The average Bonchev–Trinajstić information content (AvgIpc) is 3.26. The monoisotopic (exact) mass is 425 g/mol. The number of benzene rings is 2. The highest BCUT2D eigenvalue weighted by Crippen LogP contribution is 2.45. The second-order valence-electron chi connectivity index (χ2n) is 6.29. The molecule has 1 heterocycles. The van der Waals surface area contributed by atoms with Crippen molar-refractivity contribution in [1.29, 1.82) is 5.26 Å². The molecule has 0 N–H and O–H groups in total. The van der Waals surface area contributed by atoms with E-state index in [0.29, 0.717) is 62.7 Å². The lowest BCUT2D eigenvalue weighted by molar-refractivity contribution is 0.324. The fourth-order valence-electron chi connectivity index (χ4n) is 3.27. The Kier molecular flexibility index (Phi) is 6.46. The topological polar surface area (TPSA) is 92.3 Å². The fourth-order valence-corrected chi connectivity index (χ4v) is 3.27. The Labute approximate surface area is 180 Å². The van der Waals surface area contributed by atoms with Gasteiger partial charge >= 0.3 is 0 Å². The lowest BCUT2D eigenvalue weighted by Crippen LogP contribution is -1.95. The van der Waals surface area contributed by atoms with Crippen molar-refractivity contribution in [2.75, 3.05) is 42.7 Å². The van der Waals surface area contributed by atoms with Gasteiger partial charge in [-0.1, -0.05) is 0 Å². The molecule has 8 heteroatoms. The summed E-state index contributed by atoms with van der Waals surface area (Å²) in [4.78, 5) is 0. The lowest BCUT2D eigenvalue weighted by atomic mass is 10.1. The van der Waals surface area contributed by atoms with Crippen molar-refractivity contribution in [2.45, 2.75) is 0 Å². The van der Waals surface area contributed by atoms with Crippen LogP contribution in [0, 0.1) is 11.3 Å². The first-order valence-corrected chi connectivity index (χ1v) is 9.19. The first kappa shape index (κ1) is 21.7. The maximum Gasteiger partial charge on any atom is 0.203 e. The van der Waals surface area contributed by atoms with Gasteiger partial charge in [0.15, 0.2) is 28.8 Å². The molecule has 0 saturated carbocycles. The molecule has 0 saturated heterocycles. The molecule has 2 aromatic carbocycles. The molecular formula is C23H23NO7. The van der Waals surface area contributed by atoms with Gasteiger partial charge in [-0.15, -0.1) is 0 Å². The summed E-state index contributed by atoms with van der Waals surface area (Å²) >= 11 is 0. The number of nitriles is 1. The van der Waals surface area contributed by atoms with Crippen molar-refractivity contribution in [3.63, 3.8) is 0 Å². The average molecular weight is 425 g/mol. The Morgan fingerprint density at radius 2 is 1.03 bits per heavy atom. The molecule has 3 rings (SSSR count). The summed E-state index contributed by atoms with van der Waals surface area (Å²) < 4.78 is 38.5. The van der Waals surface area contributed by atoms with E-state index in [1.807, 2.05) is 0 Å². The summed E-state index contributed by atoms with van der Waals surface area (Å²) in [5, 5.41) is 9.71. The van der Waals surface area contributed by atoms with Gasteiger partial charge in [0.25, 0.3) is 0 Å². The molecule has 0 aliphatic rings. The Morgan fingerprint density at radius 1 is 0.613 bits per heavy atom. The van der Waals surface area contributed by atoms with Crippen molar-refractivity contribution in [2.24, 2.45) is 0 Å². The van der Waals surface area contributed by atoms with Crippen molar-refractivity contribution < 1.29 is 32.8 Å². The SMILES string of the molecule is COc1cc(-c2cc(C#N)c(-c3cc(OC)c(OC)c(OC)c3)o2)cc(OC)c1OC. The predicted octanol–water partition coefficient (Wildman–Crippen LogP) is 4.54. The third kappa shape index (κ3) is 3.90. The molecule has 0 amide bonds. The summed E-state index contributed by atoms with van der Waals surface area (Å²) in [5.41, 5.74) is 1.60. The molecule has 8 nitrogen and oxygen atoms in total. The van der Waals surface area contributed by atoms with E-state index in [-0.39, 0.29) is 0 Å². The van der Waals surface area contributed by atoms with Crippen LogP contribution in [0.5, 0.6) is 34.5 Å². The van der Waals surface area contributed by atoms with Crippen LogP contribution in [-0.4, -0.2) is 42.7 Å². The zero-order valence-electron chi connectivity index (χ0n) is 18.2. The van der Waals surface area contributed by atoms with Crippen molar-refractivity contribution in [3.8, 4) is 63.2 Å². The maximum absolute atomic E-state index is 9.71. The molecule has 31 heavy (non-hydrogen) atoms. The van der Waals surface area contributed by atoms with Crippen LogP contribution in [0.3, 0.4) is 0 Å². The second kappa shape index (κ2) is 9.22. The summed E-state index contributed by atoms with van der Waals surface area (Å²) in [6.45, 7) is 0. The van der Waals surface area contributed by atoms with E-state index in [1.54, 1.807) is 30.3 Å². The zero-order valence-corrected chi connectivity index (χ0v) is 18.2. The van der Waals surface area contributed by atoms with Gasteiger partial charge in [0.05, 0.1) is 48.2 Å². The zero-order chi connectivity index (χ0) is 22.5. The van der Waals surface area contributed by atoms with E-state index in [9.17, 15) is 5.26 Å². The highest BCUT2D eigenvalue weighted by Gasteiger charge is 2.22. The Bertz CT molecular complexity index is 1080. The minimum absolute atomic E-state index is 0.345. The van der Waals surface area contributed by atoms with Crippen LogP contribution in [0.4, 0.5) is 0 Å². The number of ether oxygens (including phenoxy) is 6. The van der Waals surface area contributed by atoms with Gasteiger partial charge in [-0.25, -0.2) is 0 Å². The molecule has 0 aliphatic heterocycles. The molecule has 0 fully saturated rings. The lowest BCUT2D eigenvalue weighted by Gasteiger charge is -2.14. The van der Waals surface area contributed by atoms with Crippen LogP contribution in [0.25, 0.3) is 22.6 Å². The van der Waals surface area contributed by atoms with Crippen LogP contribution in [0.15, 0.2) is 34.7 Å². The summed E-state index contributed by atoms with van der Waals surface area (Å²) in [7, 11) is 9.17. The Hall–Kier alpha value is -3.99. The number of methoxy groups -OCH3 is 6. The number of hydrogen-bond donors (Lipinski definition) is 0. The number of rotatable bonds is 8. The molecular weight excluding hydrogens is 402 g/mol. The van der Waals surface area contributed by atoms with E-state index < -0.39 is 0 Å². The highest BCUT2D eigenvalue weighted by molar-refractivity contribution is 5.76. The Balaban J connectivity index is 2.19. The number of nitrogens with zero attached hydrogens (tertiary/aromatic N) is 1. The van der Waals surface area contributed by atoms with Crippen molar-refractivity contribution in [1.82, 2.24) is 0 Å². The minimum atomic E-state index is 0.345. The second-order valence-corrected chi connectivity index (χ2v) is 6.29. The van der Waals surface area contributed by atoms with E-state index in [0.717, 1.165) is 0 Å². The molecule has 0 aliphatic carbocycles. The quantitative estimate of drug-likeness (QED) is 0.520. The largest absolute Gasteiger partial charge is 0.493 e. The molecule has 0 radical (unpaired) electrons. The normalized spacial score (nSPS) is 10.2. The van der Waals surface area contributed by atoms with Crippen molar-refractivity contribution >= 4 is 0 Å². The number of furan rings is 1. The standard InChI is InChI=1S/C23H23NO7/c1-25-17-7-13(8-18(26-2)22(17)29-5)16-11-15(12-24)21(31-16)14-9-19(27-3)23(30-6)20(10-14)28-4/h7-11H,1-6H3. The predicted molar refractivity (Wildman–Crippen MR) is 114 cm³/mol. The van der Waals surface area contributed by atoms with Gasteiger partial charge in [0, 0.05) is 17.2 Å². The van der Waals surface area contributed by atoms with Crippen LogP contribution >= 0.6 is 0 Å². The molecule has 0 unspecified atom stereocenters. The van der Waals surface area contributed by atoms with Gasteiger partial charge in [0.2, 0.25) is 11.5 Å². The van der Waals surface area contributed by atoms with Crippen LogP contribution in [0.1, 0.15) is 5.56 Å². The van der Waals surface area contributed by atoms with Gasteiger partial charge in [-0.05, 0) is 24.3 Å². The van der Waals surface area contributed by atoms with Crippen LogP contribution in [0.2, 0.25) is 0 Å². The molecule has 162 valence electrons. The van der Waals surface area contributed by atoms with E-state index in [4.69, 9.17) is 32.8 Å². The Morgan fingerprint density at radius 3 is 1.39 bits per heavy atom. The third-order valence-electron chi connectivity index (χ3n) is 4.73. The van der Waals surface area contributed by atoms with E-state index in [2.05, 4.69) is 6.07 Å². The first-order chi connectivity index (χ1) is 15.0. The highest BCUT2D eigenvalue weighted by atomic mass is 16.5. The van der Waals surface area contributed by atoms with Crippen LogP contribution < -0.4 is 28.4 Å². The van der Waals surface area contributed by atoms with Gasteiger partial charge < -0.3 is 32.8 Å². The summed E-state index contributed by atoms with van der Waals surface area (Å²) in [5.74, 6) is 3.58. The number of hydrogen-bond acceptors (Lipinski definition) is 8. The van der Waals surface area contributed by atoms with Gasteiger partial charge in [-0.2, -0.15) is 5.26 Å². The molecule has 0 atom stereocenters. The summed E-state index contributed by atoms with van der Waals surface area (Å²) in [6, 6.07) is 10.8. The fraction of sp³-hybridized carbons (Fsp3) is 0.261. The van der Waals surface area contributed by atoms with E-state index in [1.165, 1.54) is 42.7 Å². The summed E-state index contributed by atoms with van der Waals surface area (Å²) in [6.07, 6.45) is 0. The first-order valence-electron chi connectivity index (χ1n) is 9.19. The third-order valence-corrected chi connectivity index (χ3v) is 4.73.